The minimum Gasteiger partial charge on any atom is -0.496 e. The number of hydrogen-bond donors (Lipinski definition) is 1. The van der Waals surface area contributed by atoms with E-state index >= 15 is 0 Å². The number of fused-ring (bicyclic) bond motifs is 1. The van der Waals surface area contributed by atoms with E-state index in [1.54, 1.807) is 18.4 Å². The quantitative estimate of drug-likeness (QED) is 0.757. The maximum atomic E-state index is 5.50. The molecule has 1 N–H and O–H groups in total. The minimum atomic E-state index is 0.806. The van der Waals surface area contributed by atoms with Crippen molar-refractivity contribution in [2.24, 2.45) is 0 Å². The van der Waals surface area contributed by atoms with Gasteiger partial charge in [-0.2, -0.15) is 11.3 Å². The second-order valence-electron chi connectivity index (χ2n) is 4.70. The van der Waals surface area contributed by atoms with Gasteiger partial charge in [0.1, 0.15) is 5.75 Å². The molecule has 0 unspecified atom stereocenters. The van der Waals surface area contributed by atoms with Crippen molar-refractivity contribution < 1.29 is 4.74 Å². The zero-order valence-electron chi connectivity index (χ0n) is 11.4. The molecule has 0 atom stereocenters. The molecule has 0 saturated carbocycles. The Morgan fingerprint density at radius 1 is 1.05 bits per heavy atom. The molecular weight excluding hydrogens is 266 g/mol. The van der Waals surface area contributed by atoms with Gasteiger partial charge in [0, 0.05) is 18.7 Å². The highest BCUT2D eigenvalue weighted by Crippen LogP contribution is 2.27. The van der Waals surface area contributed by atoms with E-state index in [4.69, 9.17) is 4.74 Å². The number of ether oxygens (including phenoxy) is 1. The van der Waals surface area contributed by atoms with Gasteiger partial charge in [-0.3, -0.25) is 0 Å². The van der Waals surface area contributed by atoms with Gasteiger partial charge < -0.3 is 10.1 Å². The normalized spacial score (nSPS) is 10.8. The Bertz CT molecular complexity index is 691. The third kappa shape index (κ3) is 2.69. The highest BCUT2D eigenvalue weighted by molar-refractivity contribution is 7.07. The van der Waals surface area contributed by atoms with Crippen LogP contribution in [0.3, 0.4) is 0 Å². The van der Waals surface area contributed by atoms with E-state index in [0.717, 1.165) is 18.8 Å². The Hall–Kier alpha value is -1.84. The highest BCUT2D eigenvalue weighted by atomic mass is 32.1. The smallest absolute Gasteiger partial charge is 0.123 e. The summed E-state index contributed by atoms with van der Waals surface area (Å²) in [7, 11) is 1.73. The van der Waals surface area contributed by atoms with Crippen molar-refractivity contribution in [2.45, 2.75) is 13.1 Å². The fraction of sp³-hybridized carbons (Fsp3) is 0.176. The van der Waals surface area contributed by atoms with E-state index in [1.165, 1.54) is 21.9 Å². The van der Waals surface area contributed by atoms with E-state index in [2.05, 4.69) is 52.5 Å². The molecule has 0 bridgehead atoms. The molecule has 1 aromatic heterocycles. The molecule has 0 aliphatic rings. The summed E-state index contributed by atoms with van der Waals surface area (Å²) >= 11 is 1.73. The van der Waals surface area contributed by atoms with Gasteiger partial charge >= 0.3 is 0 Å². The van der Waals surface area contributed by atoms with Crippen molar-refractivity contribution in [3.8, 4) is 5.75 Å². The van der Waals surface area contributed by atoms with Crippen LogP contribution in [0.25, 0.3) is 10.8 Å². The standard InChI is InChI=1S/C17H17NOS/c1-19-17-7-6-14-4-2-3-5-15(14)16(17)11-18-10-13-8-9-20-12-13/h2-9,12,18H,10-11H2,1H3. The fourth-order valence-corrected chi connectivity index (χ4v) is 3.08. The van der Waals surface area contributed by atoms with Gasteiger partial charge in [-0.1, -0.05) is 30.3 Å². The molecule has 0 fully saturated rings. The summed E-state index contributed by atoms with van der Waals surface area (Å²) in [4.78, 5) is 0. The van der Waals surface area contributed by atoms with Crippen LogP contribution in [-0.2, 0) is 13.1 Å². The van der Waals surface area contributed by atoms with Crippen molar-refractivity contribution >= 4 is 22.1 Å². The third-order valence-electron chi connectivity index (χ3n) is 3.43. The van der Waals surface area contributed by atoms with E-state index in [-0.39, 0.29) is 0 Å². The average Bonchev–Trinajstić information content (AvgIpc) is 3.00. The van der Waals surface area contributed by atoms with Gasteiger partial charge in [0.05, 0.1) is 7.11 Å². The van der Waals surface area contributed by atoms with E-state index in [1.807, 2.05) is 6.07 Å². The molecule has 0 aliphatic carbocycles. The molecule has 2 aromatic carbocycles. The maximum absolute atomic E-state index is 5.50. The molecule has 0 amide bonds. The van der Waals surface area contributed by atoms with Gasteiger partial charge in [0.25, 0.3) is 0 Å². The third-order valence-corrected chi connectivity index (χ3v) is 4.16. The molecule has 102 valence electrons. The Morgan fingerprint density at radius 3 is 2.75 bits per heavy atom. The van der Waals surface area contributed by atoms with Crippen LogP contribution in [0.1, 0.15) is 11.1 Å². The van der Waals surface area contributed by atoms with Crippen LogP contribution in [0.2, 0.25) is 0 Å². The van der Waals surface area contributed by atoms with E-state index in [9.17, 15) is 0 Å². The van der Waals surface area contributed by atoms with Gasteiger partial charge in [-0.05, 0) is 39.2 Å². The summed E-state index contributed by atoms with van der Waals surface area (Å²) in [5.74, 6) is 0.946. The van der Waals surface area contributed by atoms with Crippen LogP contribution in [-0.4, -0.2) is 7.11 Å². The van der Waals surface area contributed by atoms with Gasteiger partial charge in [0.15, 0.2) is 0 Å². The van der Waals surface area contributed by atoms with Crippen LogP contribution < -0.4 is 10.1 Å². The maximum Gasteiger partial charge on any atom is 0.123 e. The Kier molecular flexibility index (Phi) is 4.00. The topological polar surface area (TPSA) is 21.3 Å². The summed E-state index contributed by atoms with van der Waals surface area (Å²) in [6.07, 6.45) is 0. The highest BCUT2D eigenvalue weighted by Gasteiger charge is 2.07. The first kappa shape index (κ1) is 13.2. The predicted octanol–water partition coefficient (Wildman–Crippen LogP) is 4.20. The zero-order valence-corrected chi connectivity index (χ0v) is 12.2. The molecule has 0 aliphatic heterocycles. The lowest BCUT2D eigenvalue weighted by Gasteiger charge is -2.12. The zero-order chi connectivity index (χ0) is 13.8. The first-order valence-electron chi connectivity index (χ1n) is 6.65. The largest absolute Gasteiger partial charge is 0.496 e. The fourth-order valence-electron chi connectivity index (χ4n) is 2.41. The Balaban J connectivity index is 1.85. The van der Waals surface area contributed by atoms with Crippen molar-refractivity contribution in [1.29, 1.82) is 0 Å². The van der Waals surface area contributed by atoms with Crippen LogP contribution in [0, 0.1) is 0 Å². The molecule has 0 saturated heterocycles. The molecule has 1 heterocycles. The van der Waals surface area contributed by atoms with Crippen molar-refractivity contribution in [3.63, 3.8) is 0 Å². The molecule has 0 radical (unpaired) electrons. The van der Waals surface area contributed by atoms with Gasteiger partial charge in [-0.25, -0.2) is 0 Å². The van der Waals surface area contributed by atoms with Gasteiger partial charge in [0.2, 0.25) is 0 Å². The van der Waals surface area contributed by atoms with Crippen molar-refractivity contribution in [2.75, 3.05) is 7.11 Å². The summed E-state index contributed by atoms with van der Waals surface area (Å²) in [5, 5.41) is 10.3. The van der Waals surface area contributed by atoms with Crippen LogP contribution in [0.15, 0.2) is 53.2 Å². The summed E-state index contributed by atoms with van der Waals surface area (Å²) in [6, 6.07) is 14.7. The lowest BCUT2D eigenvalue weighted by atomic mass is 10.0. The SMILES string of the molecule is COc1ccc2ccccc2c1CNCc1ccsc1. The first-order valence-corrected chi connectivity index (χ1v) is 7.59. The second kappa shape index (κ2) is 6.07. The lowest BCUT2D eigenvalue weighted by molar-refractivity contribution is 0.408. The van der Waals surface area contributed by atoms with Crippen molar-refractivity contribution in [3.05, 3.63) is 64.4 Å². The van der Waals surface area contributed by atoms with E-state index < -0.39 is 0 Å². The Morgan fingerprint density at radius 2 is 1.95 bits per heavy atom. The van der Waals surface area contributed by atoms with Gasteiger partial charge in [-0.15, -0.1) is 0 Å². The predicted molar refractivity (Wildman–Crippen MR) is 85.4 cm³/mol. The van der Waals surface area contributed by atoms with Crippen molar-refractivity contribution in [1.82, 2.24) is 5.32 Å². The van der Waals surface area contributed by atoms with Crippen LogP contribution in [0.4, 0.5) is 0 Å². The van der Waals surface area contributed by atoms with E-state index in [0.29, 0.717) is 0 Å². The first-order chi connectivity index (χ1) is 9.88. The summed E-state index contributed by atoms with van der Waals surface area (Å²) in [6.45, 7) is 1.69. The number of rotatable bonds is 5. The molecule has 2 nitrogen and oxygen atoms in total. The number of benzene rings is 2. The Labute approximate surface area is 123 Å². The van der Waals surface area contributed by atoms with Crippen LogP contribution in [0.5, 0.6) is 5.75 Å². The number of hydrogen-bond acceptors (Lipinski definition) is 3. The van der Waals surface area contributed by atoms with Crippen LogP contribution >= 0.6 is 11.3 Å². The molecule has 20 heavy (non-hydrogen) atoms. The number of methoxy groups -OCH3 is 1. The summed E-state index contributed by atoms with van der Waals surface area (Å²) in [5.41, 5.74) is 2.55. The number of thiophene rings is 1. The summed E-state index contributed by atoms with van der Waals surface area (Å²) < 4.78 is 5.50. The second-order valence-corrected chi connectivity index (χ2v) is 5.48. The molecule has 3 heteroatoms. The number of nitrogens with one attached hydrogen (secondary N) is 1. The molecule has 0 spiro atoms. The molecule has 3 rings (SSSR count). The molecular formula is C17H17NOS. The lowest BCUT2D eigenvalue weighted by Crippen LogP contribution is -2.13. The average molecular weight is 283 g/mol. The minimum absolute atomic E-state index is 0.806. The molecule has 3 aromatic rings. The monoisotopic (exact) mass is 283 g/mol.